The van der Waals surface area contributed by atoms with Gasteiger partial charge in [-0.1, -0.05) is 12.1 Å². The molecule has 0 aliphatic heterocycles. The van der Waals surface area contributed by atoms with Crippen LogP contribution in [0, 0.1) is 10.5 Å². The number of hydrogen-bond donors (Lipinski definition) is 1. The maximum absolute atomic E-state index is 5.73. The largest absolute Gasteiger partial charge is 0.396 e. The summed E-state index contributed by atoms with van der Waals surface area (Å²) in [6, 6.07) is 8.40. The Kier molecular flexibility index (Phi) is 2.95. The first-order valence-corrected chi connectivity index (χ1v) is 5.77. The molecule has 78 valence electrons. The number of hydrogen-bond acceptors (Lipinski definition) is 2. The molecule has 0 spiro atoms. The fraction of sp³-hybridized carbons (Fsp3) is 0.182. The van der Waals surface area contributed by atoms with Crippen molar-refractivity contribution in [1.82, 2.24) is 9.78 Å². The number of anilines is 1. The second kappa shape index (κ2) is 4.22. The third-order valence-electron chi connectivity index (χ3n) is 2.24. The van der Waals surface area contributed by atoms with E-state index in [2.05, 4.69) is 52.0 Å². The Morgan fingerprint density at radius 3 is 2.53 bits per heavy atom. The smallest absolute Gasteiger partial charge is 0.0823 e. The summed E-state index contributed by atoms with van der Waals surface area (Å²) in [5, 5.41) is 4.32. The number of nitrogens with zero attached hydrogens (tertiary/aromatic N) is 2. The van der Waals surface area contributed by atoms with E-state index >= 15 is 0 Å². The van der Waals surface area contributed by atoms with Crippen LogP contribution >= 0.6 is 22.6 Å². The van der Waals surface area contributed by atoms with Crippen molar-refractivity contribution in [1.29, 1.82) is 0 Å². The van der Waals surface area contributed by atoms with E-state index in [0.717, 1.165) is 17.9 Å². The van der Waals surface area contributed by atoms with Crippen molar-refractivity contribution < 1.29 is 0 Å². The third-order valence-corrected chi connectivity index (χ3v) is 2.96. The normalized spacial score (nSPS) is 10.5. The highest BCUT2D eigenvalue weighted by Gasteiger charge is 2.01. The Morgan fingerprint density at radius 1 is 1.33 bits per heavy atom. The van der Waals surface area contributed by atoms with Gasteiger partial charge in [0.1, 0.15) is 0 Å². The summed E-state index contributed by atoms with van der Waals surface area (Å²) in [6.07, 6.45) is 1.87. The first-order chi connectivity index (χ1) is 7.15. The standard InChI is InChI=1S/C11H12IN3/c1-8-11(13)7-15(14-8)6-9-2-4-10(12)5-3-9/h2-5,7H,6,13H2,1H3. The van der Waals surface area contributed by atoms with Gasteiger partial charge in [-0.15, -0.1) is 0 Å². The molecule has 0 amide bonds. The van der Waals surface area contributed by atoms with Gasteiger partial charge in [0.15, 0.2) is 0 Å². The number of rotatable bonds is 2. The molecular formula is C11H12IN3. The predicted octanol–water partition coefficient (Wildman–Crippen LogP) is 2.43. The van der Waals surface area contributed by atoms with Gasteiger partial charge in [0.05, 0.1) is 17.9 Å². The molecule has 0 saturated carbocycles. The number of nitrogen functional groups attached to an aromatic ring is 1. The van der Waals surface area contributed by atoms with Gasteiger partial charge < -0.3 is 5.73 Å². The average Bonchev–Trinajstić information content (AvgIpc) is 2.50. The average molecular weight is 313 g/mol. The highest BCUT2D eigenvalue weighted by atomic mass is 127. The van der Waals surface area contributed by atoms with Gasteiger partial charge in [-0.3, -0.25) is 4.68 Å². The van der Waals surface area contributed by atoms with E-state index < -0.39 is 0 Å². The van der Waals surface area contributed by atoms with Crippen molar-refractivity contribution in [3.63, 3.8) is 0 Å². The zero-order chi connectivity index (χ0) is 10.8. The van der Waals surface area contributed by atoms with Crippen LogP contribution in [0.15, 0.2) is 30.5 Å². The van der Waals surface area contributed by atoms with Gasteiger partial charge in [-0.25, -0.2) is 0 Å². The van der Waals surface area contributed by atoms with Crippen LogP contribution in [0.4, 0.5) is 5.69 Å². The van der Waals surface area contributed by atoms with E-state index in [1.165, 1.54) is 9.13 Å². The lowest BCUT2D eigenvalue weighted by Gasteiger charge is -2.01. The molecule has 0 bridgehead atoms. The molecule has 0 saturated heterocycles. The Balaban J connectivity index is 2.18. The molecule has 1 heterocycles. The van der Waals surface area contributed by atoms with Crippen molar-refractivity contribution in [2.45, 2.75) is 13.5 Å². The molecule has 2 N–H and O–H groups in total. The number of aryl methyl sites for hydroxylation is 1. The summed E-state index contributed by atoms with van der Waals surface area (Å²) in [5.74, 6) is 0. The van der Waals surface area contributed by atoms with Crippen molar-refractivity contribution in [3.8, 4) is 0 Å². The molecule has 0 atom stereocenters. The molecule has 1 aromatic carbocycles. The van der Waals surface area contributed by atoms with Crippen LogP contribution < -0.4 is 5.73 Å². The highest BCUT2D eigenvalue weighted by molar-refractivity contribution is 14.1. The van der Waals surface area contributed by atoms with Gasteiger partial charge in [-0.2, -0.15) is 5.10 Å². The number of benzene rings is 1. The van der Waals surface area contributed by atoms with E-state index in [4.69, 9.17) is 5.73 Å². The van der Waals surface area contributed by atoms with Crippen LogP contribution in [0.1, 0.15) is 11.3 Å². The first kappa shape index (κ1) is 10.5. The van der Waals surface area contributed by atoms with Gasteiger partial charge in [0.25, 0.3) is 0 Å². The van der Waals surface area contributed by atoms with Crippen molar-refractivity contribution in [3.05, 3.63) is 45.3 Å². The molecule has 1 aromatic heterocycles. The monoisotopic (exact) mass is 313 g/mol. The minimum atomic E-state index is 0.750. The van der Waals surface area contributed by atoms with E-state index in [-0.39, 0.29) is 0 Å². The summed E-state index contributed by atoms with van der Waals surface area (Å²) in [5.41, 5.74) is 8.61. The van der Waals surface area contributed by atoms with Crippen LogP contribution in [0.2, 0.25) is 0 Å². The molecule has 2 aromatic rings. The lowest BCUT2D eigenvalue weighted by Crippen LogP contribution is -2.00. The van der Waals surface area contributed by atoms with E-state index in [1.54, 1.807) is 0 Å². The van der Waals surface area contributed by atoms with Gasteiger partial charge >= 0.3 is 0 Å². The van der Waals surface area contributed by atoms with E-state index in [9.17, 15) is 0 Å². The fourth-order valence-corrected chi connectivity index (χ4v) is 1.75. The van der Waals surface area contributed by atoms with Crippen LogP contribution in [0.5, 0.6) is 0 Å². The maximum atomic E-state index is 5.73. The van der Waals surface area contributed by atoms with Crippen LogP contribution in [-0.4, -0.2) is 9.78 Å². The second-order valence-corrected chi connectivity index (χ2v) is 4.74. The van der Waals surface area contributed by atoms with Crippen molar-refractivity contribution >= 4 is 28.3 Å². The van der Waals surface area contributed by atoms with E-state index in [0.29, 0.717) is 0 Å². The molecule has 15 heavy (non-hydrogen) atoms. The topological polar surface area (TPSA) is 43.8 Å². The number of nitrogens with two attached hydrogens (primary N) is 1. The van der Waals surface area contributed by atoms with Crippen LogP contribution in [0.25, 0.3) is 0 Å². The molecule has 3 nitrogen and oxygen atoms in total. The van der Waals surface area contributed by atoms with Crippen molar-refractivity contribution in [2.75, 3.05) is 5.73 Å². The first-order valence-electron chi connectivity index (χ1n) is 4.69. The summed E-state index contributed by atoms with van der Waals surface area (Å²) in [7, 11) is 0. The highest BCUT2D eigenvalue weighted by Crippen LogP contribution is 2.11. The lowest BCUT2D eigenvalue weighted by atomic mass is 10.2. The van der Waals surface area contributed by atoms with Gasteiger partial charge in [0, 0.05) is 9.77 Å². The molecule has 4 heteroatoms. The van der Waals surface area contributed by atoms with Gasteiger partial charge in [0.2, 0.25) is 0 Å². The molecule has 0 fully saturated rings. The molecule has 0 radical (unpaired) electrons. The maximum Gasteiger partial charge on any atom is 0.0823 e. The summed E-state index contributed by atoms with van der Waals surface area (Å²) in [4.78, 5) is 0. The third kappa shape index (κ3) is 2.50. The zero-order valence-corrected chi connectivity index (χ0v) is 10.6. The molecule has 0 aliphatic rings. The summed E-state index contributed by atoms with van der Waals surface area (Å²) in [6.45, 7) is 2.69. The SMILES string of the molecule is Cc1nn(Cc2ccc(I)cc2)cc1N. The molecule has 0 aliphatic carbocycles. The lowest BCUT2D eigenvalue weighted by molar-refractivity contribution is 0.679. The zero-order valence-electron chi connectivity index (χ0n) is 8.44. The van der Waals surface area contributed by atoms with E-state index in [1.807, 2.05) is 17.8 Å². The van der Waals surface area contributed by atoms with Crippen molar-refractivity contribution in [2.24, 2.45) is 0 Å². The number of halogens is 1. The quantitative estimate of drug-likeness (QED) is 0.866. The molecule has 0 unspecified atom stereocenters. The minimum Gasteiger partial charge on any atom is -0.396 e. The van der Waals surface area contributed by atoms with Crippen LogP contribution in [-0.2, 0) is 6.54 Å². The number of aromatic nitrogens is 2. The molecular weight excluding hydrogens is 301 g/mol. The Labute approximate surface area is 102 Å². The minimum absolute atomic E-state index is 0.750. The van der Waals surface area contributed by atoms with Crippen LogP contribution in [0.3, 0.4) is 0 Å². The summed E-state index contributed by atoms with van der Waals surface area (Å²) < 4.78 is 3.11. The Hall–Kier alpha value is -1.04. The Morgan fingerprint density at radius 2 is 2.00 bits per heavy atom. The van der Waals surface area contributed by atoms with Gasteiger partial charge in [-0.05, 0) is 47.2 Å². The Bertz CT molecular complexity index is 440. The fourth-order valence-electron chi connectivity index (χ4n) is 1.39. The predicted molar refractivity (Wildman–Crippen MR) is 69.6 cm³/mol. The second-order valence-electron chi connectivity index (χ2n) is 3.49. The summed E-state index contributed by atoms with van der Waals surface area (Å²) >= 11 is 2.29. The molecule has 2 rings (SSSR count).